The minimum Gasteiger partial charge on any atom is -0.548 e. The highest BCUT2D eigenvalue weighted by Crippen LogP contribution is 2.35. The first-order chi connectivity index (χ1) is 11.4. The Kier molecular flexibility index (Phi) is 5.84. The van der Waals surface area contributed by atoms with Gasteiger partial charge in [0.1, 0.15) is 4.32 Å². The Balaban J connectivity index is 2.32. The molecule has 1 aliphatic heterocycles. The number of aliphatic carboxylic acids is 1. The molecule has 2 rings (SSSR count). The van der Waals surface area contributed by atoms with Crippen molar-refractivity contribution in [3.05, 3.63) is 28.7 Å². The number of aromatic hydroxyl groups is 1. The van der Waals surface area contributed by atoms with E-state index in [0.717, 1.165) is 16.7 Å². The number of benzene rings is 1. The van der Waals surface area contributed by atoms with Crippen molar-refractivity contribution in [3.63, 3.8) is 0 Å². The molecular weight excluding hydrogens is 350 g/mol. The molecule has 1 atom stereocenters. The quantitative estimate of drug-likeness (QED) is 0.603. The number of thiocarbonyl (C=S) groups is 1. The molecule has 0 spiro atoms. The maximum atomic E-state index is 12.5. The molecule has 0 unspecified atom stereocenters. The predicted octanol–water partition coefficient (Wildman–Crippen LogP) is 1.52. The Labute approximate surface area is 149 Å². The lowest BCUT2D eigenvalue weighted by molar-refractivity contribution is -0.310. The molecule has 128 valence electrons. The normalized spacial score (nSPS) is 17.4. The van der Waals surface area contributed by atoms with Crippen LogP contribution in [0.3, 0.4) is 0 Å². The lowest BCUT2D eigenvalue weighted by Crippen LogP contribution is -2.49. The third-order valence-electron chi connectivity index (χ3n) is 3.38. The number of thioether (sulfide) groups is 1. The van der Waals surface area contributed by atoms with Crippen LogP contribution >= 0.6 is 24.0 Å². The highest BCUT2D eigenvalue weighted by molar-refractivity contribution is 8.26. The van der Waals surface area contributed by atoms with Gasteiger partial charge in [0.2, 0.25) is 0 Å². The molecule has 24 heavy (non-hydrogen) atoms. The summed E-state index contributed by atoms with van der Waals surface area (Å²) in [4.78, 5) is 25.1. The lowest BCUT2D eigenvalue weighted by atomic mass is 10.1. The number of carboxylic acid groups (broad SMARTS) is 1. The smallest absolute Gasteiger partial charge is 0.266 e. The van der Waals surface area contributed by atoms with Crippen LogP contribution in [-0.4, -0.2) is 38.9 Å². The summed E-state index contributed by atoms with van der Waals surface area (Å²) in [5.74, 6) is -1.49. The van der Waals surface area contributed by atoms with Gasteiger partial charge in [-0.05, 0) is 37.1 Å². The lowest BCUT2D eigenvalue weighted by Gasteiger charge is -2.26. The fourth-order valence-electron chi connectivity index (χ4n) is 2.25. The molecule has 0 aliphatic carbocycles. The molecular formula is C16H16NO5S2-. The molecule has 1 saturated heterocycles. The first kappa shape index (κ1) is 18.3. The summed E-state index contributed by atoms with van der Waals surface area (Å²) in [5.41, 5.74) is 0.637. The Bertz CT molecular complexity index is 716. The molecule has 8 heteroatoms. The van der Waals surface area contributed by atoms with Gasteiger partial charge in [-0.2, -0.15) is 0 Å². The van der Waals surface area contributed by atoms with Gasteiger partial charge in [0, 0.05) is 0 Å². The first-order valence-corrected chi connectivity index (χ1v) is 8.55. The second kappa shape index (κ2) is 7.67. The zero-order valence-electron chi connectivity index (χ0n) is 13.1. The van der Waals surface area contributed by atoms with Crippen LogP contribution in [0, 0.1) is 0 Å². The minimum absolute atomic E-state index is 0.00421. The number of hydrogen-bond acceptors (Lipinski definition) is 7. The van der Waals surface area contributed by atoms with Gasteiger partial charge in [0.25, 0.3) is 5.91 Å². The van der Waals surface area contributed by atoms with Gasteiger partial charge >= 0.3 is 0 Å². The van der Waals surface area contributed by atoms with Crippen molar-refractivity contribution >= 4 is 46.3 Å². The molecule has 0 aromatic heterocycles. The summed E-state index contributed by atoms with van der Waals surface area (Å²) < 4.78 is 5.49. The zero-order chi connectivity index (χ0) is 17.9. The first-order valence-electron chi connectivity index (χ1n) is 7.32. The molecule has 6 nitrogen and oxygen atoms in total. The molecule has 1 aromatic rings. The second-order valence-electron chi connectivity index (χ2n) is 4.95. The molecule has 1 N–H and O–H groups in total. The Hall–Kier alpha value is -2.06. The molecule has 0 bridgehead atoms. The van der Waals surface area contributed by atoms with Gasteiger partial charge in [-0.15, -0.1) is 0 Å². The number of carbonyl (C=O) groups excluding carboxylic acids is 2. The Morgan fingerprint density at radius 2 is 2.21 bits per heavy atom. The number of ether oxygens (including phenoxy) is 1. The number of carboxylic acids is 1. The molecule has 0 radical (unpaired) electrons. The molecule has 1 amide bonds. The second-order valence-corrected chi connectivity index (χ2v) is 6.63. The van der Waals surface area contributed by atoms with Crippen molar-refractivity contribution in [2.45, 2.75) is 26.3 Å². The summed E-state index contributed by atoms with van der Waals surface area (Å²) >= 11 is 6.17. The summed E-state index contributed by atoms with van der Waals surface area (Å²) in [6.07, 6.45) is 1.79. The van der Waals surface area contributed by atoms with E-state index in [0.29, 0.717) is 22.8 Å². The third-order valence-corrected chi connectivity index (χ3v) is 4.71. The SMILES string of the molecule is CCOc1cc(/C=C2/SC(=S)N([C@@H](CC)C(=O)[O-])C2=O)ccc1O. The van der Waals surface area contributed by atoms with Crippen molar-refractivity contribution in [2.24, 2.45) is 0 Å². The molecule has 0 saturated carbocycles. The van der Waals surface area contributed by atoms with Gasteiger partial charge in [-0.3, -0.25) is 9.69 Å². The fourth-order valence-corrected chi connectivity index (χ4v) is 3.60. The van der Waals surface area contributed by atoms with Crippen LogP contribution in [0.4, 0.5) is 0 Å². The molecule has 1 aromatic carbocycles. The van der Waals surface area contributed by atoms with E-state index in [4.69, 9.17) is 17.0 Å². The van der Waals surface area contributed by atoms with Crippen molar-refractivity contribution in [1.82, 2.24) is 4.90 Å². The number of phenolic OH excluding ortho intramolecular Hbond substituents is 1. The van der Waals surface area contributed by atoms with E-state index in [1.807, 2.05) is 0 Å². The van der Waals surface area contributed by atoms with E-state index in [-0.39, 0.29) is 16.5 Å². The largest absolute Gasteiger partial charge is 0.548 e. The van der Waals surface area contributed by atoms with Gasteiger partial charge in [0.15, 0.2) is 11.5 Å². The maximum Gasteiger partial charge on any atom is 0.266 e. The van der Waals surface area contributed by atoms with Crippen molar-refractivity contribution in [3.8, 4) is 11.5 Å². The van der Waals surface area contributed by atoms with Crippen LogP contribution in [0.5, 0.6) is 11.5 Å². The van der Waals surface area contributed by atoms with Gasteiger partial charge in [0.05, 0.1) is 23.5 Å². The van der Waals surface area contributed by atoms with Crippen LogP contribution in [0.2, 0.25) is 0 Å². The highest BCUT2D eigenvalue weighted by atomic mass is 32.2. The number of hydrogen-bond donors (Lipinski definition) is 1. The van der Waals surface area contributed by atoms with E-state index in [2.05, 4.69) is 0 Å². The summed E-state index contributed by atoms with van der Waals surface area (Å²) in [6, 6.07) is 3.61. The van der Waals surface area contributed by atoms with E-state index >= 15 is 0 Å². The summed E-state index contributed by atoms with van der Waals surface area (Å²) in [5, 5.41) is 20.9. The number of carbonyl (C=O) groups is 2. The van der Waals surface area contributed by atoms with Crippen LogP contribution in [0.1, 0.15) is 25.8 Å². The van der Waals surface area contributed by atoms with E-state index in [1.165, 1.54) is 6.07 Å². The van der Waals surface area contributed by atoms with Gasteiger partial charge in [-0.1, -0.05) is 37.0 Å². The van der Waals surface area contributed by atoms with E-state index in [9.17, 15) is 19.8 Å². The standard InChI is InChI=1S/C16H17NO5S2/c1-3-10(15(20)21)17-14(19)13(24-16(17)23)8-9-5-6-11(18)12(7-9)22-4-2/h5-8,10,18H,3-4H2,1-2H3,(H,20,21)/p-1/b13-8+/t10-/m0/s1. The van der Waals surface area contributed by atoms with Crippen molar-refractivity contribution in [2.75, 3.05) is 6.61 Å². The summed E-state index contributed by atoms with van der Waals surface area (Å²) in [6.45, 7) is 3.84. The number of phenols is 1. The van der Waals surface area contributed by atoms with Crippen LogP contribution in [0.15, 0.2) is 23.1 Å². The minimum atomic E-state index is -1.33. The molecule has 1 aliphatic rings. The topological polar surface area (TPSA) is 89.9 Å². The van der Waals surface area contributed by atoms with Gasteiger partial charge < -0.3 is 19.7 Å². The highest BCUT2D eigenvalue weighted by Gasteiger charge is 2.37. The average Bonchev–Trinajstić information content (AvgIpc) is 2.79. The van der Waals surface area contributed by atoms with Crippen molar-refractivity contribution < 1.29 is 24.5 Å². The summed E-state index contributed by atoms with van der Waals surface area (Å²) in [7, 11) is 0. The number of rotatable bonds is 6. The van der Waals surface area contributed by atoms with Crippen LogP contribution in [0.25, 0.3) is 6.08 Å². The maximum absolute atomic E-state index is 12.5. The molecule has 1 fully saturated rings. The third kappa shape index (κ3) is 3.70. The zero-order valence-corrected chi connectivity index (χ0v) is 14.8. The van der Waals surface area contributed by atoms with E-state index < -0.39 is 17.9 Å². The Morgan fingerprint density at radius 1 is 1.50 bits per heavy atom. The number of nitrogens with zero attached hydrogens (tertiary/aromatic N) is 1. The monoisotopic (exact) mass is 366 g/mol. The van der Waals surface area contributed by atoms with E-state index in [1.54, 1.807) is 32.1 Å². The molecule has 1 heterocycles. The fraction of sp³-hybridized carbons (Fsp3) is 0.312. The number of amides is 1. The Morgan fingerprint density at radius 3 is 2.79 bits per heavy atom. The van der Waals surface area contributed by atoms with Crippen molar-refractivity contribution in [1.29, 1.82) is 0 Å². The predicted molar refractivity (Wildman–Crippen MR) is 93.4 cm³/mol. The van der Waals surface area contributed by atoms with Gasteiger partial charge in [-0.25, -0.2) is 0 Å². The van der Waals surface area contributed by atoms with Crippen LogP contribution in [-0.2, 0) is 9.59 Å². The average molecular weight is 366 g/mol. The van der Waals surface area contributed by atoms with Crippen LogP contribution < -0.4 is 9.84 Å².